The first-order valence-electron chi connectivity index (χ1n) is 7.42. The summed E-state index contributed by atoms with van der Waals surface area (Å²) in [5.74, 6) is 0.487. The zero-order valence-electron chi connectivity index (χ0n) is 13.5. The van der Waals surface area contributed by atoms with Gasteiger partial charge in [-0.2, -0.15) is 0 Å². The molecule has 2 N–H and O–H groups in total. The molecule has 1 aliphatic rings. The van der Waals surface area contributed by atoms with E-state index in [1.54, 1.807) is 4.90 Å². The molecule has 126 valence electrons. The van der Waals surface area contributed by atoms with Crippen LogP contribution < -0.4 is 10.4 Å². The Morgan fingerprint density at radius 1 is 1.30 bits per heavy atom. The summed E-state index contributed by atoms with van der Waals surface area (Å²) in [5, 5.41) is 18.8. The van der Waals surface area contributed by atoms with E-state index in [4.69, 9.17) is 16.3 Å². The van der Waals surface area contributed by atoms with Crippen molar-refractivity contribution in [1.82, 2.24) is 9.88 Å². The first-order valence-corrected chi connectivity index (χ1v) is 7.80. The van der Waals surface area contributed by atoms with Crippen LogP contribution in [0, 0.1) is 0 Å². The van der Waals surface area contributed by atoms with Crippen LogP contribution in [0.15, 0.2) is 12.3 Å². The van der Waals surface area contributed by atoms with Crippen LogP contribution in [0.1, 0.15) is 20.8 Å². The zero-order valence-corrected chi connectivity index (χ0v) is 14.2. The molecule has 1 aliphatic heterocycles. The predicted octanol–water partition coefficient (Wildman–Crippen LogP) is 0.472. The molecule has 1 aromatic rings. The number of carbonyl (C=O) groups is 1. The fourth-order valence-corrected chi connectivity index (χ4v) is 2.62. The molecule has 0 aromatic carbocycles. The molecule has 0 unspecified atom stereocenters. The third kappa shape index (κ3) is 4.49. The van der Waals surface area contributed by atoms with Crippen LogP contribution in [0.5, 0.6) is 0 Å². The number of amides is 1. The van der Waals surface area contributed by atoms with Crippen LogP contribution in [0.3, 0.4) is 0 Å². The van der Waals surface area contributed by atoms with Crippen molar-refractivity contribution >= 4 is 36.1 Å². The Bertz CT molecular complexity index is 572. The lowest BCUT2D eigenvalue weighted by Crippen LogP contribution is -2.50. The Balaban J connectivity index is 2.03. The monoisotopic (exact) mass is 341 g/mol. The van der Waals surface area contributed by atoms with E-state index in [1.807, 2.05) is 25.7 Å². The summed E-state index contributed by atoms with van der Waals surface area (Å²) >= 11 is 6.19. The molecule has 0 bridgehead atoms. The molecule has 7 nitrogen and oxygen atoms in total. The van der Waals surface area contributed by atoms with Crippen LogP contribution in [0.2, 0.25) is 5.02 Å². The molecular weight excluding hydrogens is 320 g/mol. The highest BCUT2D eigenvalue weighted by molar-refractivity contribution is 6.63. The van der Waals surface area contributed by atoms with Crippen molar-refractivity contribution in [2.24, 2.45) is 0 Å². The SMILES string of the molecule is CC(C)(C)OC(=O)N1CCN(c2nccc(B(O)O)c2Cl)CC1. The smallest absolute Gasteiger partial charge is 0.444 e. The van der Waals surface area contributed by atoms with Crippen LogP contribution in [0.25, 0.3) is 0 Å². The van der Waals surface area contributed by atoms with Gasteiger partial charge in [-0.3, -0.25) is 0 Å². The number of pyridine rings is 1. The lowest BCUT2D eigenvalue weighted by Gasteiger charge is -2.36. The Kier molecular flexibility index (Phi) is 5.39. The zero-order chi connectivity index (χ0) is 17.2. The van der Waals surface area contributed by atoms with Gasteiger partial charge in [-0.1, -0.05) is 11.6 Å². The number of hydrogen-bond donors (Lipinski definition) is 2. The molecule has 9 heteroatoms. The first-order chi connectivity index (χ1) is 10.7. The topological polar surface area (TPSA) is 86.1 Å². The van der Waals surface area contributed by atoms with Crippen molar-refractivity contribution in [1.29, 1.82) is 0 Å². The largest absolute Gasteiger partial charge is 0.490 e. The van der Waals surface area contributed by atoms with Gasteiger partial charge in [0, 0.05) is 37.8 Å². The maximum absolute atomic E-state index is 12.0. The van der Waals surface area contributed by atoms with Gasteiger partial charge in [0.1, 0.15) is 11.4 Å². The minimum atomic E-state index is -1.65. The molecule has 1 aromatic heterocycles. The van der Waals surface area contributed by atoms with E-state index < -0.39 is 12.7 Å². The van der Waals surface area contributed by atoms with Gasteiger partial charge < -0.3 is 24.6 Å². The Labute approximate surface area is 141 Å². The highest BCUT2D eigenvalue weighted by Crippen LogP contribution is 2.23. The Hall–Kier alpha value is -1.51. The summed E-state index contributed by atoms with van der Waals surface area (Å²) in [5.41, 5.74) is -0.309. The second-order valence-electron chi connectivity index (χ2n) is 6.37. The van der Waals surface area contributed by atoms with Gasteiger partial charge in [-0.25, -0.2) is 9.78 Å². The van der Waals surface area contributed by atoms with E-state index in [0.29, 0.717) is 32.0 Å². The lowest BCUT2D eigenvalue weighted by molar-refractivity contribution is 0.0240. The van der Waals surface area contributed by atoms with Gasteiger partial charge in [0.05, 0.1) is 5.02 Å². The third-order valence-electron chi connectivity index (χ3n) is 3.41. The van der Waals surface area contributed by atoms with E-state index in [1.165, 1.54) is 12.3 Å². The molecule has 2 rings (SSSR count). The minimum Gasteiger partial charge on any atom is -0.444 e. The molecule has 0 saturated carbocycles. The Morgan fingerprint density at radius 2 is 1.91 bits per heavy atom. The molecule has 1 fully saturated rings. The second-order valence-corrected chi connectivity index (χ2v) is 6.74. The quantitative estimate of drug-likeness (QED) is 0.761. The summed E-state index contributed by atoms with van der Waals surface area (Å²) in [6.45, 7) is 7.54. The number of rotatable bonds is 2. The lowest BCUT2D eigenvalue weighted by atomic mass is 9.81. The maximum atomic E-state index is 12.0. The summed E-state index contributed by atoms with van der Waals surface area (Å²) in [7, 11) is -1.65. The van der Waals surface area contributed by atoms with Gasteiger partial charge in [0.25, 0.3) is 0 Å². The molecule has 1 amide bonds. The number of anilines is 1. The van der Waals surface area contributed by atoms with E-state index in [-0.39, 0.29) is 16.6 Å². The van der Waals surface area contributed by atoms with Gasteiger partial charge >= 0.3 is 13.2 Å². The fourth-order valence-electron chi connectivity index (χ4n) is 2.29. The predicted molar refractivity (Wildman–Crippen MR) is 89.1 cm³/mol. The fraction of sp³-hybridized carbons (Fsp3) is 0.571. The van der Waals surface area contributed by atoms with E-state index in [2.05, 4.69) is 4.98 Å². The van der Waals surface area contributed by atoms with Crippen LogP contribution in [0.4, 0.5) is 10.6 Å². The number of hydrogen-bond acceptors (Lipinski definition) is 6. The van der Waals surface area contributed by atoms with Gasteiger partial charge in [-0.15, -0.1) is 0 Å². The molecule has 0 radical (unpaired) electrons. The summed E-state index contributed by atoms with van der Waals surface area (Å²) in [6, 6.07) is 1.47. The standard InChI is InChI=1S/C14H21BClN3O4/c1-14(2,3)23-13(20)19-8-6-18(7-9-19)12-11(16)10(15(21)22)4-5-17-12/h4-5,21-22H,6-9H2,1-3H3. The molecule has 0 aliphatic carbocycles. The van der Waals surface area contributed by atoms with Crippen molar-refractivity contribution in [3.05, 3.63) is 17.3 Å². The molecule has 0 spiro atoms. The average Bonchev–Trinajstić information content (AvgIpc) is 2.45. The van der Waals surface area contributed by atoms with Crippen molar-refractivity contribution in [2.75, 3.05) is 31.1 Å². The summed E-state index contributed by atoms with van der Waals surface area (Å²) in [4.78, 5) is 19.8. The number of nitrogens with zero attached hydrogens (tertiary/aromatic N) is 3. The highest BCUT2D eigenvalue weighted by atomic mass is 35.5. The van der Waals surface area contributed by atoms with Crippen molar-refractivity contribution in [3.63, 3.8) is 0 Å². The van der Waals surface area contributed by atoms with Crippen molar-refractivity contribution in [3.8, 4) is 0 Å². The highest BCUT2D eigenvalue weighted by Gasteiger charge is 2.28. The number of piperazine rings is 1. The van der Waals surface area contributed by atoms with Crippen molar-refractivity contribution in [2.45, 2.75) is 26.4 Å². The normalized spacial score (nSPS) is 15.6. The van der Waals surface area contributed by atoms with E-state index in [0.717, 1.165) is 0 Å². The number of carbonyl (C=O) groups excluding carboxylic acids is 1. The average molecular weight is 342 g/mol. The number of ether oxygens (including phenoxy) is 1. The van der Waals surface area contributed by atoms with E-state index in [9.17, 15) is 14.8 Å². The Morgan fingerprint density at radius 3 is 2.43 bits per heavy atom. The van der Waals surface area contributed by atoms with Gasteiger partial charge in [0.2, 0.25) is 0 Å². The second kappa shape index (κ2) is 6.94. The summed E-state index contributed by atoms with van der Waals surface area (Å²) in [6.07, 6.45) is 1.15. The van der Waals surface area contributed by atoms with Crippen molar-refractivity contribution < 1.29 is 19.6 Å². The molecule has 0 atom stereocenters. The molecular formula is C14H21BClN3O4. The maximum Gasteiger partial charge on any atom is 0.490 e. The van der Waals surface area contributed by atoms with Crippen LogP contribution >= 0.6 is 11.6 Å². The summed E-state index contributed by atoms with van der Waals surface area (Å²) < 4.78 is 5.35. The molecule has 23 heavy (non-hydrogen) atoms. The van der Waals surface area contributed by atoms with Crippen LogP contribution in [-0.4, -0.2) is 64.9 Å². The number of aromatic nitrogens is 1. The molecule has 1 saturated heterocycles. The number of halogens is 1. The molecule has 2 heterocycles. The minimum absolute atomic E-state index is 0.214. The van der Waals surface area contributed by atoms with Gasteiger partial charge in [0.15, 0.2) is 0 Å². The third-order valence-corrected chi connectivity index (χ3v) is 3.80. The van der Waals surface area contributed by atoms with Crippen LogP contribution in [-0.2, 0) is 4.74 Å². The first kappa shape index (κ1) is 17.8. The van der Waals surface area contributed by atoms with Gasteiger partial charge in [-0.05, 0) is 26.8 Å². The van der Waals surface area contributed by atoms with E-state index >= 15 is 0 Å².